The molecule has 3 aromatic carbocycles. The molecule has 0 aliphatic rings. The van der Waals surface area contributed by atoms with Crippen LogP contribution in [0.4, 0.5) is 0 Å². The van der Waals surface area contributed by atoms with E-state index in [1.807, 2.05) is 25.1 Å². The molecule has 5 nitrogen and oxygen atoms in total. The Morgan fingerprint density at radius 1 is 0.833 bits per heavy atom. The molecule has 0 radical (unpaired) electrons. The molecular weight excluding hydrogens is 452 g/mol. The molecule has 0 heterocycles. The first-order chi connectivity index (χ1) is 17.4. The van der Waals surface area contributed by atoms with E-state index in [-0.39, 0.29) is 5.92 Å². The van der Waals surface area contributed by atoms with Gasteiger partial charge >= 0.3 is 11.9 Å². The minimum absolute atomic E-state index is 0.214. The van der Waals surface area contributed by atoms with Gasteiger partial charge in [0.05, 0.1) is 17.7 Å². The molecule has 5 heteroatoms. The summed E-state index contributed by atoms with van der Waals surface area (Å²) in [7, 11) is 0. The standard InChI is InChI=1S/C31H36O5/c1-5-18-35-26-13-10-24(11-14-26)31(34)36-27-15-8-23(9-16-27)28-17-12-25(30(32)33)20-29(28)21(4)19-22(6-2)7-3/h8-17,20-22H,5-7,18-19H2,1-4H3,(H,32,33)/t21-/m1/s1. The second-order valence-corrected chi connectivity index (χ2v) is 9.21. The normalized spacial score (nSPS) is 11.8. The van der Waals surface area contributed by atoms with Gasteiger partial charge in [-0.25, -0.2) is 9.59 Å². The highest BCUT2D eigenvalue weighted by molar-refractivity contribution is 5.91. The van der Waals surface area contributed by atoms with E-state index in [4.69, 9.17) is 9.47 Å². The Morgan fingerprint density at radius 3 is 2.03 bits per heavy atom. The third-order valence-corrected chi connectivity index (χ3v) is 6.61. The molecule has 36 heavy (non-hydrogen) atoms. The highest BCUT2D eigenvalue weighted by Gasteiger charge is 2.18. The van der Waals surface area contributed by atoms with Crippen LogP contribution in [0, 0.1) is 5.92 Å². The van der Waals surface area contributed by atoms with Crippen molar-refractivity contribution in [3.8, 4) is 22.6 Å². The Morgan fingerprint density at radius 2 is 1.44 bits per heavy atom. The van der Waals surface area contributed by atoms with E-state index in [1.54, 1.807) is 48.5 Å². The van der Waals surface area contributed by atoms with Crippen molar-refractivity contribution in [1.82, 2.24) is 0 Å². The van der Waals surface area contributed by atoms with Gasteiger partial charge < -0.3 is 14.6 Å². The summed E-state index contributed by atoms with van der Waals surface area (Å²) in [4.78, 5) is 24.2. The van der Waals surface area contributed by atoms with Crippen molar-refractivity contribution in [2.75, 3.05) is 6.61 Å². The Hall–Kier alpha value is -3.60. The highest BCUT2D eigenvalue weighted by atomic mass is 16.5. The average molecular weight is 489 g/mol. The monoisotopic (exact) mass is 488 g/mol. The lowest BCUT2D eigenvalue weighted by Crippen LogP contribution is -2.08. The smallest absolute Gasteiger partial charge is 0.343 e. The SMILES string of the molecule is CCCOc1ccc(C(=O)Oc2ccc(-c3ccc(C(=O)O)cc3[C@H](C)CC(CC)CC)cc2)cc1. The lowest BCUT2D eigenvalue weighted by atomic mass is 9.83. The van der Waals surface area contributed by atoms with E-state index < -0.39 is 11.9 Å². The fourth-order valence-electron chi connectivity index (χ4n) is 4.39. The molecule has 0 saturated carbocycles. The summed E-state index contributed by atoms with van der Waals surface area (Å²) in [6, 6.07) is 19.6. The van der Waals surface area contributed by atoms with Gasteiger partial charge in [-0.1, -0.05) is 58.7 Å². The van der Waals surface area contributed by atoms with Crippen LogP contribution in [0.3, 0.4) is 0 Å². The quantitative estimate of drug-likeness (QED) is 0.207. The molecule has 0 unspecified atom stereocenters. The van der Waals surface area contributed by atoms with Gasteiger partial charge in [0.15, 0.2) is 0 Å². The van der Waals surface area contributed by atoms with Crippen LogP contribution in [0.2, 0.25) is 0 Å². The molecule has 0 aliphatic carbocycles. The van der Waals surface area contributed by atoms with Crippen molar-refractivity contribution in [1.29, 1.82) is 0 Å². The predicted molar refractivity (Wildman–Crippen MR) is 143 cm³/mol. The summed E-state index contributed by atoms with van der Waals surface area (Å²) >= 11 is 0. The van der Waals surface area contributed by atoms with Crippen LogP contribution in [0.1, 0.15) is 85.6 Å². The van der Waals surface area contributed by atoms with E-state index in [2.05, 4.69) is 20.8 Å². The maximum atomic E-state index is 12.6. The summed E-state index contributed by atoms with van der Waals surface area (Å²) in [5.74, 6) is 0.617. The average Bonchev–Trinajstić information content (AvgIpc) is 2.90. The largest absolute Gasteiger partial charge is 0.494 e. The minimum Gasteiger partial charge on any atom is -0.494 e. The van der Waals surface area contributed by atoms with E-state index >= 15 is 0 Å². The number of rotatable bonds is 12. The van der Waals surface area contributed by atoms with Crippen molar-refractivity contribution in [2.45, 2.75) is 59.3 Å². The highest BCUT2D eigenvalue weighted by Crippen LogP contribution is 2.35. The summed E-state index contributed by atoms with van der Waals surface area (Å²) in [6.45, 7) is 9.23. The molecular formula is C31H36O5. The molecule has 0 saturated heterocycles. The van der Waals surface area contributed by atoms with Crippen molar-refractivity contribution in [3.63, 3.8) is 0 Å². The Kier molecular flexibility index (Phi) is 9.69. The number of ether oxygens (including phenoxy) is 2. The van der Waals surface area contributed by atoms with Crippen LogP contribution in [-0.4, -0.2) is 23.7 Å². The maximum absolute atomic E-state index is 12.6. The number of carboxylic acids is 1. The van der Waals surface area contributed by atoms with Gasteiger partial charge in [-0.05, 0) is 89.9 Å². The van der Waals surface area contributed by atoms with Gasteiger partial charge in [0, 0.05) is 0 Å². The molecule has 0 aromatic heterocycles. The van der Waals surface area contributed by atoms with Crippen molar-refractivity contribution in [3.05, 3.63) is 83.4 Å². The topological polar surface area (TPSA) is 72.8 Å². The van der Waals surface area contributed by atoms with Crippen molar-refractivity contribution < 1.29 is 24.2 Å². The number of hydrogen-bond acceptors (Lipinski definition) is 4. The van der Waals surface area contributed by atoms with Gasteiger partial charge in [0.25, 0.3) is 0 Å². The van der Waals surface area contributed by atoms with Crippen molar-refractivity contribution >= 4 is 11.9 Å². The molecule has 1 atom stereocenters. The Balaban J connectivity index is 1.79. The van der Waals surface area contributed by atoms with E-state index in [1.165, 1.54) is 0 Å². The van der Waals surface area contributed by atoms with Crippen LogP contribution in [0.25, 0.3) is 11.1 Å². The number of carbonyl (C=O) groups excluding carboxylic acids is 1. The van der Waals surface area contributed by atoms with Crippen LogP contribution in [0.5, 0.6) is 11.5 Å². The number of esters is 1. The van der Waals surface area contributed by atoms with Crippen LogP contribution < -0.4 is 9.47 Å². The first kappa shape index (κ1) is 27.0. The third kappa shape index (κ3) is 6.97. The van der Waals surface area contributed by atoms with Crippen molar-refractivity contribution in [2.24, 2.45) is 5.92 Å². The lowest BCUT2D eigenvalue weighted by molar-refractivity contribution is 0.0694. The molecule has 3 aromatic rings. The Labute approximate surface area is 214 Å². The number of carbonyl (C=O) groups is 2. The number of benzene rings is 3. The molecule has 0 aliphatic heterocycles. The lowest BCUT2D eigenvalue weighted by Gasteiger charge is -2.22. The molecule has 0 fully saturated rings. The molecule has 0 bridgehead atoms. The molecule has 3 rings (SSSR count). The fourth-order valence-corrected chi connectivity index (χ4v) is 4.39. The van der Waals surface area contributed by atoms with Crippen LogP contribution >= 0.6 is 0 Å². The summed E-state index contributed by atoms with van der Waals surface area (Å²) in [5.41, 5.74) is 3.72. The summed E-state index contributed by atoms with van der Waals surface area (Å²) in [5, 5.41) is 9.54. The maximum Gasteiger partial charge on any atom is 0.343 e. The van der Waals surface area contributed by atoms with Crippen LogP contribution in [-0.2, 0) is 0 Å². The number of carboxylic acid groups (broad SMARTS) is 1. The first-order valence-electron chi connectivity index (χ1n) is 12.8. The minimum atomic E-state index is -0.926. The molecule has 1 N–H and O–H groups in total. The molecule has 0 spiro atoms. The van der Waals surface area contributed by atoms with Gasteiger partial charge in [0.1, 0.15) is 11.5 Å². The predicted octanol–water partition coefficient (Wildman–Crippen LogP) is 7.99. The van der Waals surface area contributed by atoms with Gasteiger partial charge in [-0.2, -0.15) is 0 Å². The second-order valence-electron chi connectivity index (χ2n) is 9.21. The van der Waals surface area contributed by atoms with Crippen LogP contribution in [0.15, 0.2) is 66.7 Å². The fraction of sp³-hybridized carbons (Fsp3) is 0.355. The van der Waals surface area contributed by atoms with Gasteiger partial charge in [-0.3, -0.25) is 0 Å². The van der Waals surface area contributed by atoms with E-state index in [0.29, 0.717) is 29.4 Å². The van der Waals surface area contributed by atoms with E-state index in [9.17, 15) is 14.7 Å². The Bertz CT molecular complexity index is 1140. The molecule has 190 valence electrons. The first-order valence-corrected chi connectivity index (χ1v) is 12.8. The number of hydrogen-bond donors (Lipinski definition) is 1. The third-order valence-electron chi connectivity index (χ3n) is 6.61. The zero-order chi connectivity index (χ0) is 26.1. The molecule has 0 amide bonds. The van der Waals surface area contributed by atoms with Gasteiger partial charge in [-0.15, -0.1) is 0 Å². The second kappa shape index (κ2) is 12.9. The summed E-state index contributed by atoms with van der Waals surface area (Å²) in [6.07, 6.45) is 4.12. The summed E-state index contributed by atoms with van der Waals surface area (Å²) < 4.78 is 11.1. The van der Waals surface area contributed by atoms with Gasteiger partial charge in [0.2, 0.25) is 0 Å². The van der Waals surface area contributed by atoms with E-state index in [0.717, 1.165) is 48.1 Å². The zero-order valence-electron chi connectivity index (χ0n) is 21.6. The zero-order valence-corrected chi connectivity index (χ0v) is 21.6. The number of aromatic carboxylic acids is 1.